The van der Waals surface area contributed by atoms with E-state index in [2.05, 4.69) is 10.4 Å². The molecule has 0 bridgehead atoms. The molecule has 0 aliphatic rings. The number of halogens is 4. The van der Waals surface area contributed by atoms with E-state index in [4.69, 9.17) is 16.3 Å². The fourth-order valence-electron chi connectivity index (χ4n) is 2.61. The van der Waals surface area contributed by atoms with Gasteiger partial charge in [-0.1, -0.05) is 23.7 Å². The zero-order valence-electron chi connectivity index (χ0n) is 14.6. The van der Waals surface area contributed by atoms with Crippen molar-refractivity contribution in [2.75, 3.05) is 11.9 Å². The van der Waals surface area contributed by atoms with E-state index >= 15 is 0 Å². The lowest BCUT2D eigenvalue weighted by atomic mass is 10.2. The molecule has 146 valence electrons. The van der Waals surface area contributed by atoms with Gasteiger partial charge in [0.2, 0.25) is 0 Å². The highest BCUT2D eigenvalue weighted by Crippen LogP contribution is 2.34. The van der Waals surface area contributed by atoms with Gasteiger partial charge < -0.3 is 10.1 Å². The third kappa shape index (κ3) is 4.12. The average molecular weight is 410 g/mol. The summed E-state index contributed by atoms with van der Waals surface area (Å²) in [6.45, 7) is 2.10. The number of nitrogens with one attached hydrogen (secondary N) is 1. The van der Waals surface area contributed by atoms with Crippen molar-refractivity contribution < 1.29 is 22.7 Å². The Morgan fingerprint density at radius 3 is 2.50 bits per heavy atom. The zero-order valence-corrected chi connectivity index (χ0v) is 15.4. The van der Waals surface area contributed by atoms with Crippen LogP contribution >= 0.6 is 11.6 Å². The second-order valence-corrected chi connectivity index (χ2v) is 6.11. The summed E-state index contributed by atoms with van der Waals surface area (Å²) in [6, 6.07) is 12.1. The maximum atomic E-state index is 13.7. The highest BCUT2D eigenvalue weighted by Gasteiger charge is 2.40. The van der Waals surface area contributed by atoms with Crippen molar-refractivity contribution in [3.8, 4) is 11.4 Å². The highest BCUT2D eigenvalue weighted by molar-refractivity contribution is 6.30. The molecule has 1 amide bonds. The molecule has 9 heteroatoms. The molecule has 0 aliphatic heterocycles. The average Bonchev–Trinajstić information content (AvgIpc) is 3.10. The van der Waals surface area contributed by atoms with E-state index in [1.165, 1.54) is 24.3 Å². The number of carbonyl (C=O) groups is 1. The normalized spacial score (nSPS) is 11.3. The minimum Gasteiger partial charge on any atom is -0.492 e. The van der Waals surface area contributed by atoms with Crippen LogP contribution in [0.15, 0.2) is 54.7 Å². The van der Waals surface area contributed by atoms with Crippen molar-refractivity contribution in [1.29, 1.82) is 0 Å². The summed E-state index contributed by atoms with van der Waals surface area (Å²) in [5.41, 5.74) is -1.39. The smallest absolute Gasteiger partial charge is 0.434 e. The van der Waals surface area contributed by atoms with E-state index < -0.39 is 23.3 Å². The molecule has 1 heterocycles. The van der Waals surface area contributed by atoms with Crippen molar-refractivity contribution in [3.05, 3.63) is 71.0 Å². The SMILES string of the molecule is CCOc1ccccc1NC(=O)c1cnn(-c2ccc(Cl)cc2)c1C(F)(F)F. The van der Waals surface area contributed by atoms with Crippen LogP contribution in [0.25, 0.3) is 5.69 Å². The fraction of sp³-hybridized carbons (Fsp3) is 0.158. The summed E-state index contributed by atoms with van der Waals surface area (Å²) in [6.07, 6.45) is -3.92. The van der Waals surface area contributed by atoms with Gasteiger partial charge in [-0.3, -0.25) is 4.79 Å². The molecule has 0 fully saturated rings. The van der Waals surface area contributed by atoms with Crippen molar-refractivity contribution in [2.24, 2.45) is 0 Å². The van der Waals surface area contributed by atoms with Gasteiger partial charge in [-0.15, -0.1) is 0 Å². The number of rotatable bonds is 5. The third-order valence-corrected chi connectivity index (χ3v) is 4.04. The lowest BCUT2D eigenvalue weighted by Gasteiger charge is -2.14. The number of hydrogen-bond acceptors (Lipinski definition) is 3. The quantitative estimate of drug-likeness (QED) is 0.630. The second kappa shape index (κ2) is 7.93. The molecule has 0 aliphatic carbocycles. The molecular formula is C19H15ClF3N3O2. The number of alkyl halides is 3. The van der Waals surface area contributed by atoms with Gasteiger partial charge in [-0.05, 0) is 43.3 Å². The van der Waals surface area contributed by atoms with Crippen molar-refractivity contribution in [3.63, 3.8) is 0 Å². The Labute approximate surface area is 163 Å². The van der Waals surface area contributed by atoms with Crippen LogP contribution in [0, 0.1) is 0 Å². The standard InChI is InChI=1S/C19H15ClF3N3O2/c1-2-28-16-6-4-3-5-15(16)25-18(27)14-11-24-26(17(14)19(21,22)23)13-9-7-12(20)8-10-13/h3-11H,2H2,1H3,(H,25,27). The molecule has 0 radical (unpaired) electrons. The maximum absolute atomic E-state index is 13.7. The van der Waals surface area contributed by atoms with Crippen LogP contribution in [0.5, 0.6) is 5.75 Å². The topological polar surface area (TPSA) is 56.1 Å². The van der Waals surface area contributed by atoms with Crippen molar-refractivity contribution in [2.45, 2.75) is 13.1 Å². The first-order valence-electron chi connectivity index (χ1n) is 8.25. The predicted molar refractivity (Wildman–Crippen MR) is 99.1 cm³/mol. The molecule has 0 saturated carbocycles. The van der Waals surface area contributed by atoms with Crippen LogP contribution < -0.4 is 10.1 Å². The van der Waals surface area contributed by atoms with E-state index in [9.17, 15) is 18.0 Å². The number of carbonyl (C=O) groups excluding carboxylic acids is 1. The molecular weight excluding hydrogens is 395 g/mol. The largest absolute Gasteiger partial charge is 0.492 e. The van der Waals surface area contributed by atoms with E-state index in [1.54, 1.807) is 31.2 Å². The van der Waals surface area contributed by atoms with E-state index in [0.717, 1.165) is 6.20 Å². The minimum atomic E-state index is -4.80. The van der Waals surface area contributed by atoms with E-state index in [1.807, 2.05) is 0 Å². The summed E-state index contributed by atoms with van der Waals surface area (Å²) in [7, 11) is 0. The molecule has 2 aromatic carbocycles. The lowest BCUT2D eigenvalue weighted by Crippen LogP contribution is -2.21. The first kappa shape index (κ1) is 19.8. The molecule has 0 spiro atoms. The Hall–Kier alpha value is -3.00. The molecule has 1 aromatic heterocycles. The van der Waals surface area contributed by atoms with Crippen LogP contribution in [-0.4, -0.2) is 22.3 Å². The Balaban J connectivity index is 2.00. The van der Waals surface area contributed by atoms with Crippen molar-refractivity contribution in [1.82, 2.24) is 9.78 Å². The summed E-state index contributed by atoms with van der Waals surface area (Å²) in [5, 5.41) is 6.60. The van der Waals surface area contributed by atoms with Crippen LogP contribution in [0.2, 0.25) is 5.02 Å². The Morgan fingerprint density at radius 1 is 1.18 bits per heavy atom. The first-order chi connectivity index (χ1) is 13.3. The number of para-hydroxylation sites is 2. The molecule has 0 saturated heterocycles. The molecule has 3 aromatic rings. The van der Waals surface area contributed by atoms with Crippen LogP contribution in [0.1, 0.15) is 23.0 Å². The minimum absolute atomic E-state index is 0.130. The van der Waals surface area contributed by atoms with Gasteiger partial charge in [0, 0.05) is 5.02 Å². The van der Waals surface area contributed by atoms with Crippen molar-refractivity contribution >= 4 is 23.2 Å². The number of nitrogens with zero attached hydrogens (tertiary/aromatic N) is 2. The van der Waals surface area contributed by atoms with Gasteiger partial charge in [0.05, 0.1) is 29.7 Å². The molecule has 28 heavy (non-hydrogen) atoms. The van der Waals surface area contributed by atoms with Crippen LogP contribution in [-0.2, 0) is 6.18 Å². The molecule has 0 unspecified atom stereocenters. The first-order valence-corrected chi connectivity index (χ1v) is 8.63. The molecule has 1 N–H and O–H groups in total. The summed E-state index contributed by atoms with van der Waals surface area (Å²) in [4.78, 5) is 12.6. The summed E-state index contributed by atoms with van der Waals surface area (Å²) in [5.74, 6) is -0.586. The monoisotopic (exact) mass is 409 g/mol. The Bertz CT molecular complexity index is 985. The number of anilines is 1. The Morgan fingerprint density at radius 2 is 1.86 bits per heavy atom. The van der Waals surface area contributed by atoms with Gasteiger partial charge in [0.1, 0.15) is 5.75 Å². The molecule has 3 rings (SSSR count). The predicted octanol–water partition coefficient (Wildman–Crippen LogP) is 5.20. The second-order valence-electron chi connectivity index (χ2n) is 5.68. The zero-order chi connectivity index (χ0) is 20.3. The van der Waals surface area contributed by atoms with Gasteiger partial charge in [0.25, 0.3) is 5.91 Å². The van der Waals surface area contributed by atoms with E-state index in [-0.39, 0.29) is 11.4 Å². The molecule has 0 atom stereocenters. The van der Waals surface area contributed by atoms with Gasteiger partial charge >= 0.3 is 6.18 Å². The van der Waals surface area contributed by atoms with Crippen LogP contribution in [0.3, 0.4) is 0 Å². The summed E-state index contributed by atoms with van der Waals surface area (Å²) >= 11 is 5.79. The van der Waals surface area contributed by atoms with E-state index in [0.29, 0.717) is 22.1 Å². The fourth-order valence-corrected chi connectivity index (χ4v) is 2.73. The third-order valence-electron chi connectivity index (χ3n) is 3.79. The lowest BCUT2D eigenvalue weighted by molar-refractivity contribution is -0.143. The summed E-state index contributed by atoms with van der Waals surface area (Å²) < 4.78 is 47.2. The van der Waals surface area contributed by atoms with Gasteiger partial charge in [-0.25, -0.2) is 4.68 Å². The number of ether oxygens (including phenoxy) is 1. The maximum Gasteiger partial charge on any atom is 0.434 e. The Kier molecular flexibility index (Phi) is 5.60. The van der Waals surface area contributed by atoms with Crippen LogP contribution in [0.4, 0.5) is 18.9 Å². The number of amides is 1. The van der Waals surface area contributed by atoms with Gasteiger partial charge in [-0.2, -0.15) is 18.3 Å². The van der Waals surface area contributed by atoms with Gasteiger partial charge in [0.15, 0.2) is 5.69 Å². The number of hydrogen-bond donors (Lipinski definition) is 1. The number of aromatic nitrogens is 2. The highest BCUT2D eigenvalue weighted by atomic mass is 35.5. The molecule has 5 nitrogen and oxygen atoms in total. The number of benzene rings is 2.